The summed E-state index contributed by atoms with van der Waals surface area (Å²) in [4.78, 5) is 15.3. The summed E-state index contributed by atoms with van der Waals surface area (Å²) in [5, 5.41) is 2.84. The second-order valence-electron chi connectivity index (χ2n) is 5.05. The van der Waals surface area contributed by atoms with Gasteiger partial charge in [0.15, 0.2) is 0 Å². The van der Waals surface area contributed by atoms with E-state index in [2.05, 4.69) is 17.2 Å². The van der Waals surface area contributed by atoms with E-state index < -0.39 is 5.95 Å². The van der Waals surface area contributed by atoms with Crippen LogP contribution < -0.4 is 5.32 Å². The predicted molar refractivity (Wildman–Crippen MR) is 63.1 cm³/mol. The molecule has 0 unspecified atom stereocenters. The summed E-state index contributed by atoms with van der Waals surface area (Å²) in [6, 6.07) is 4.25. The highest BCUT2D eigenvalue weighted by Crippen LogP contribution is 2.36. The minimum atomic E-state index is -0.621. The molecule has 2 rings (SSSR count). The summed E-state index contributed by atoms with van der Waals surface area (Å²) in [6.45, 7) is 2.82. The third kappa shape index (κ3) is 3.02. The molecule has 17 heavy (non-hydrogen) atoms. The van der Waals surface area contributed by atoms with Gasteiger partial charge in [-0.1, -0.05) is 25.8 Å². The van der Waals surface area contributed by atoms with Gasteiger partial charge in [0, 0.05) is 6.54 Å². The van der Waals surface area contributed by atoms with Gasteiger partial charge < -0.3 is 5.32 Å². The smallest absolute Gasteiger partial charge is 0.270 e. The lowest BCUT2D eigenvalue weighted by atomic mass is 9.89. The van der Waals surface area contributed by atoms with Gasteiger partial charge in [-0.25, -0.2) is 4.98 Å². The van der Waals surface area contributed by atoms with Crippen molar-refractivity contribution in [1.29, 1.82) is 0 Å². The number of rotatable bonds is 3. The molecule has 1 amide bonds. The molecule has 1 heterocycles. The van der Waals surface area contributed by atoms with E-state index in [1.807, 2.05) is 0 Å². The number of carbonyl (C=O) groups is 1. The molecule has 0 radical (unpaired) electrons. The van der Waals surface area contributed by atoms with Crippen molar-refractivity contribution in [2.24, 2.45) is 5.41 Å². The lowest BCUT2D eigenvalue weighted by molar-refractivity contribution is 0.0928. The van der Waals surface area contributed by atoms with E-state index in [1.54, 1.807) is 0 Å². The normalized spacial score (nSPS) is 18.0. The van der Waals surface area contributed by atoms with Gasteiger partial charge in [0.25, 0.3) is 5.91 Å². The molecule has 1 saturated carbocycles. The third-order valence-electron chi connectivity index (χ3n) is 3.43. The van der Waals surface area contributed by atoms with Crippen LogP contribution in [0.3, 0.4) is 0 Å². The average molecular weight is 236 g/mol. The first-order chi connectivity index (χ1) is 8.09. The quantitative estimate of drug-likeness (QED) is 0.819. The van der Waals surface area contributed by atoms with E-state index in [9.17, 15) is 9.18 Å². The molecular formula is C13H17FN2O. The van der Waals surface area contributed by atoms with Gasteiger partial charge in [0.2, 0.25) is 5.95 Å². The van der Waals surface area contributed by atoms with Gasteiger partial charge in [-0.2, -0.15) is 4.39 Å². The molecule has 1 aromatic heterocycles. The number of pyridine rings is 1. The van der Waals surface area contributed by atoms with Crippen LogP contribution >= 0.6 is 0 Å². The number of amides is 1. The highest BCUT2D eigenvalue weighted by atomic mass is 19.1. The van der Waals surface area contributed by atoms with Gasteiger partial charge in [-0.15, -0.1) is 0 Å². The van der Waals surface area contributed by atoms with Crippen molar-refractivity contribution in [3.05, 3.63) is 29.8 Å². The molecule has 0 saturated heterocycles. The second kappa shape index (κ2) is 4.82. The lowest BCUT2D eigenvalue weighted by Gasteiger charge is -2.23. The number of aromatic nitrogens is 1. The number of nitrogens with zero attached hydrogens (tertiary/aromatic N) is 1. The van der Waals surface area contributed by atoms with Crippen molar-refractivity contribution in [3.63, 3.8) is 0 Å². The van der Waals surface area contributed by atoms with Crippen LogP contribution in [0.5, 0.6) is 0 Å². The second-order valence-corrected chi connectivity index (χ2v) is 5.05. The minimum Gasteiger partial charge on any atom is -0.350 e. The molecule has 0 bridgehead atoms. The summed E-state index contributed by atoms with van der Waals surface area (Å²) in [5.41, 5.74) is 0.342. The number of hydrogen-bond acceptors (Lipinski definition) is 2. The standard InChI is InChI=1S/C13H17FN2O/c1-13(7-2-3-8-13)9-15-12(17)10-5-4-6-11(14)16-10/h4-6H,2-3,7-9H2,1H3,(H,15,17). The molecule has 0 aromatic carbocycles. The van der Waals surface area contributed by atoms with Crippen LogP contribution in [0, 0.1) is 11.4 Å². The summed E-state index contributed by atoms with van der Waals surface area (Å²) < 4.78 is 12.9. The molecule has 1 aliphatic carbocycles. The van der Waals surface area contributed by atoms with Crippen LogP contribution in [0.2, 0.25) is 0 Å². The molecule has 4 heteroatoms. The van der Waals surface area contributed by atoms with Gasteiger partial charge in [-0.05, 0) is 30.4 Å². The van der Waals surface area contributed by atoms with Crippen LogP contribution in [0.4, 0.5) is 4.39 Å². The van der Waals surface area contributed by atoms with E-state index >= 15 is 0 Å². The molecule has 1 aliphatic rings. The van der Waals surface area contributed by atoms with Gasteiger partial charge in [0.1, 0.15) is 5.69 Å². The largest absolute Gasteiger partial charge is 0.350 e. The van der Waals surface area contributed by atoms with Crippen molar-refractivity contribution in [3.8, 4) is 0 Å². The van der Waals surface area contributed by atoms with Crippen molar-refractivity contribution in [2.45, 2.75) is 32.6 Å². The molecule has 0 aliphatic heterocycles. The lowest BCUT2D eigenvalue weighted by Crippen LogP contribution is -2.34. The fourth-order valence-corrected chi connectivity index (χ4v) is 2.32. The zero-order valence-electron chi connectivity index (χ0n) is 10.0. The SMILES string of the molecule is CC1(CNC(=O)c2cccc(F)n2)CCCC1. The average Bonchev–Trinajstić information content (AvgIpc) is 2.74. The number of nitrogens with one attached hydrogen (secondary N) is 1. The molecular weight excluding hydrogens is 219 g/mol. The number of halogens is 1. The van der Waals surface area contributed by atoms with Gasteiger partial charge >= 0.3 is 0 Å². The number of hydrogen-bond donors (Lipinski definition) is 1. The zero-order chi connectivity index (χ0) is 12.3. The van der Waals surface area contributed by atoms with E-state index in [0.29, 0.717) is 6.54 Å². The highest BCUT2D eigenvalue weighted by molar-refractivity contribution is 5.92. The summed E-state index contributed by atoms with van der Waals surface area (Å²) in [6.07, 6.45) is 4.74. The fraction of sp³-hybridized carbons (Fsp3) is 0.538. The fourth-order valence-electron chi connectivity index (χ4n) is 2.32. The van der Waals surface area contributed by atoms with Crippen molar-refractivity contribution in [2.75, 3.05) is 6.54 Å². The Morgan fingerprint density at radius 3 is 2.82 bits per heavy atom. The van der Waals surface area contributed by atoms with E-state index in [1.165, 1.54) is 31.0 Å². The molecule has 0 atom stereocenters. The van der Waals surface area contributed by atoms with E-state index in [0.717, 1.165) is 12.8 Å². The van der Waals surface area contributed by atoms with Crippen LogP contribution in [-0.2, 0) is 0 Å². The van der Waals surface area contributed by atoms with Gasteiger partial charge in [-0.3, -0.25) is 4.79 Å². The molecule has 92 valence electrons. The summed E-state index contributed by atoms with van der Waals surface area (Å²) >= 11 is 0. The Bertz CT molecular complexity index is 414. The van der Waals surface area contributed by atoms with Gasteiger partial charge in [0.05, 0.1) is 0 Å². The topological polar surface area (TPSA) is 42.0 Å². The first kappa shape index (κ1) is 12.0. The molecule has 1 N–H and O–H groups in total. The summed E-state index contributed by atoms with van der Waals surface area (Å²) in [7, 11) is 0. The Hall–Kier alpha value is -1.45. The Balaban J connectivity index is 1.93. The van der Waals surface area contributed by atoms with Crippen molar-refractivity contribution >= 4 is 5.91 Å². The zero-order valence-corrected chi connectivity index (χ0v) is 10.0. The molecule has 1 fully saturated rings. The Kier molecular flexibility index (Phi) is 3.41. The Morgan fingerprint density at radius 2 is 2.18 bits per heavy atom. The first-order valence-corrected chi connectivity index (χ1v) is 6.00. The van der Waals surface area contributed by atoms with Crippen LogP contribution in [0.15, 0.2) is 18.2 Å². The maximum Gasteiger partial charge on any atom is 0.270 e. The van der Waals surface area contributed by atoms with Crippen molar-refractivity contribution in [1.82, 2.24) is 10.3 Å². The number of carbonyl (C=O) groups excluding carboxylic acids is 1. The summed E-state index contributed by atoms with van der Waals surface area (Å²) in [5.74, 6) is -0.914. The predicted octanol–water partition coefficient (Wildman–Crippen LogP) is 2.53. The van der Waals surface area contributed by atoms with Crippen LogP contribution in [0.25, 0.3) is 0 Å². The third-order valence-corrected chi connectivity index (χ3v) is 3.43. The first-order valence-electron chi connectivity index (χ1n) is 6.00. The van der Waals surface area contributed by atoms with E-state index in [4.69, 9.17) is 0 Å². The molecule has 1 aromatic rings. The maximum atomic E-state index is 12.9. The monoisotopic (exact) mass is 236 g/mol. The maximum absolute atomic E-state index is 12.9. The molecule has 3 nitrogen and oxygen atoms in total. The highest BCUT2D eigenvalue weighted by Gasteiger charge is 2.29. The van der Waals surface area contributed by atoms with Crippen LogP contribution in [0.1, 0.15) is 43.1 Å². The Labute approximate surface area is 100 Å². The molecule has 0 spiro atoms. The minimum absolute atomic E-state index is 0.145. The van der Waals surface area contributed by atoms with E-state index in [-0.39, 0.29) is 17.0 Å². The van der Waals surface area contributed by atoms with Crippen LogP contribution in [-0.4, -0.2) is 17.4 Å². The van der Waals surface area contributed by atoms with Crippen molar-refractivity contribution < 1.29 is 9.18 Å². The Morgan fingerprint density at radius 1 is 1.47 bits per heavy atom.